The van der Waals surface area contributed by atoms with Crippen molar-refractivity contribution in [1.82, 2.24) is 0 Å². The molecule has 0 radical (unpaired) electrons. The van der Waals surface area contributed by atoms with E-state index in [4.69, 9.17) is 11.0 Å². The molecule has 1 aromatic rings. The fourth-order valence-electron chi connectivity index (χ4n) is 1.18. The van der Waals surface area contributed by atoms with Crippen molar-refractivity contribution in [2.45, 2.75) is 19.1 Å². The summed E-state index contributed by atoms with van der Waals surface area (Å²) in [7, 11) is 0. The van der Waals surface area contributed by atoms with E-state index in [1.807, 2.05) is 6.07 Å². The Kier molecular flexibility index (Phi) is 3.07. The molecule has 0 saturated carbocycles. The van der Waals surface area contributed by atoms with E-state index in [0.29, 0.717) is 5.56 Å². The predicted octanol–water partition coefficient (Wildman–Crippen LogP) is 0.644. The fraction of sp³-hybridized carbons (Fsp3) is 0.300. The van der Waals surface area contributed by atoms with Gasteiger partial charge >= 0.3 is 0 Å². The molecule has 74 valence electrons. The summed E-state index contributed by atoms with van der Waals surface area (Å²) in [6.07, 6.45) is -0.769. The SMILES string of the molecule is CC(O)C(N)c1cccc(C#N)c1O. The molecule has 0 spiro atoms. The molecular formula is C10H12N2O2. The highest BCUT2D eigenvalue weighted by molar-refractivity contribution is 5.48. The molecule has 0 fully saturated rings. The Morgan fingerprint density at radius 2 is 2.14 bits per heavy atom. The van der Waals surface area contributed by atoms with E-state index in [1.54, 1.807) is 12.1 Å². The van der Waals surface area contributed by atoms with Gasteiger partial charge < -0.3 is 15.9 Å². The van der Waals surface area contributed by atoms with Gasteiger partial charge in [-0.15, -0.1) is 0 Å². The maximum Gasteiger partial charge on any atom is 0.138 e. The van der Waals surface area contributed by atoms with Crippen molar-refractivity contribution >= 4 is 0 Å². The number of aliphatic hydroxyl groups excluding tert-OH is 1. The molecule has 2 unspecified atom stereocenters. The quantitative estimate of drug-likeness (QED) is 0.641. The molecular weight excluding hydrogens is 180 g/mol. The Hall–Kier alpha value is -1.57. The predicted molar refractivity (Wildman–Crippen MR) is 51.4 cm³/mol. The summed E-state index contributed by atoms with van der Waals surface area (Å²) < 4.78 is 0. The number of benzene rings is 1. The van der Waals surface area contributed by atoms with Crippen molar-refractivity contribution < 1.29 is 10.2 Å². The van der Waals surface area contributed by atoms with Crippen LogP contribution in [0.4, 0.5) is 0 Å². The Morgan fingerprint density at radius 1 is 1.50 bits per heavy atom. The van der Waals surface area contributed by atoms with E-state index >= 15 is 0 Å². The van der Waals surface area contributed by atoms with Crippen molar-refractivity contribution in [2.75, 3.05) is 0 Å². The van der Waals surface area contributed by atoms with Crippen LogP contribution in [0.3, 0.4) is 0 Å². The van der Waals surface area contributed by atoms with Gasteiger partial charge in [0.2, 0.25) is 0 Å². The minimum absolute atomic E-state index is 0.150. The van der Waals surface area contributed by atoms with E-state index in [2.05, 4.69) is 0 Å². The van der Waals surface area contributed by atoms with E-state index in [1.165, 1.54) is 13.0 Å². The van der Waals surface area contributed by atoms with Crippen LogP contribution in [0, 0.1) is 11.3 Å². The number of phenols is 1. The molecule has 0 heterocycles. The molecule has 0 bridgehead atoms. The van der Waals surface area contributed by atoms with Gasteiger partial charge in [0.1, 0.15) is 11.8 Å². The normalized spacial score (nSPS) is 14.4. The first kappa shape index (κ1) is 10.5. The third-order valence-corrected chi connectivity index (χ3v) is 2.07. The van der Waals surface area contributed by atoms with Gasteiger partial charge in [0.05, 0.1) is 17.7 Å². The number of nitriles is 1. The van der Waals surface area contributed by atoms with E-state index in [9.17, 15) is 10.2 Å². The van der Waals surface area contributed by atoms with Crippen molar-refractivity contribution in [1.29, 1.82) is 5.26 Å². The Bertz CT molecular complexity index is 369. The van der Waals surface area contributed by atoms with Crippen LogP contribution in [0.2, 0.25) is 0 Å². The number of phenolic OH excluding ortho intramolecular Hbond substituents is 1. The van der Waals surface area contributed by atoms with Gasteiger partial charge in [0.25, 0.3) is 0 Å². The van der Waals surface area contributed by atoms with Gasteiger partial charge in [0, 0.05) is 5.56 Å². The summed E-state index contributed by atoms with van der Waals surface area (Å²) in [6, 6.07) is 5.87. The van der Waals surface area contributed by atoms with Crippen molar-refractivity contribution in [3.05, 3.63) is 29.3 Å². The number of nitrogens with two attached hydrogens (primary N) is 1. The van der Waals surface area contributed by atoms with Crippen LogP contribution < -0.4 is 5.73 Å². The fourth-order valence-corrected chi connectivity index (χ4v) is 1.18. The first-order valence-corrected chi connectivity index (χ1v) is 4.23. The minimum Gasteiger partial charge on any atom is -0.506 e. The van der Waals surface area contributed by atoms with E-state index in [-0.39, 0.29) is 11.3 Å². The Morgan fingerprint density at radius 3 is 2.64 bits per heavy atom. The molecule has 14 heavy (non-hydrogen) atoms. The average molecular weight is 192 g/mol. The lowest BCUT2D eigenvalue weighted by molar-refractivity contribution is 0.163. The number of nitrogens with zero attached hydrogens (tertiary/aromatic N) is 1. The van der Waals surface area contributed by atoms with Crippen LogP contribution in [0.5, 0.6) is 5.75 Å². The molecule has 0 aliphatic heterocycles. The topological polar surface area (TPSA) is 90.3 Å². The van der Waals surface area contributed by atoms with Gasteiger partial charge in [0.15, 0.2) is 0 Å². The maximum absolute atomic E-state index is 9.59. The summed E-state index contributed by atoms with van der Waals surface area (Å²) in [5, 5.41) is 27.5. The summed E-state index contributed by atoms with van der Waals surface area (Å²) in [4.78, 5) is 0. The van der Waals surface area contributed by atoms with Gasteiger partial charge in [-0.3, -0.25) is 0 Å². The number of hydrogen-bond acceptors (Lipinski definition) is 4. The number of aliphatic hydroxyl groups is 1. The zero-order valence-corrected chi connectivity index (χ0v) is 7.81. The summed E-state index contributed by atoms with van der Waals surface area (Å²) in [5.41, 5.74) is 6.20. The number of para-hydroxylation sites is 1. The lowest BCUT2D eigenvalue weighted by Gasteiger charge is -2.16. The molecule has 4 heteroatoms. The molecule has 0 aromatic heterocycles. The first-order chi connectivity index (χ1) is 6.57. The second kappa shape index (κ2) is 4.09. The standard InChI is InChI=1S/C10H12N2O2/c1-6(13)9(12)8-4-2-3-7(5-11)10(8)14/h2-4,6,9,13-14H,12H2,1H3. The molecule has 0 saturated heterocycles. The Balaban J connectivity index is 3.17. The second-order valence-electron chi connectivity index (χ2n) is 3.12. The van der Waals surface area contributed by atoms with Crippen LogP contribution in [0.25, 0.3) is 0 Å². The lowest BCUT2D eigenvalue weighted by atomic mass is 10.00. The Labute approximate surface area is 82.2 Å². The zero-order valence-electron chi connectivity index (χ0n) is 7.81. The molecule has 4 nitrogen and oxygen atoms in total. The first-order valence-electron chi connectivity index (χ1n) is 4.23. The summed E-state index contributed by atoms with van der Waals surface area (Å²) in [6.45, 7) is 1.53. The summed E-state index contributed by atoms with van der Waals surface area (Å²) in [5.74, 6) is -0.150. The molecule has 0 amide bonds. The van der Waals surface area contributed by atoms with Crippen molar-refractivity contribution in [3.8, 4) is 11.8 Å². The van der Waals surface area contributed by atoms with Crippen molar-refractivity contribution in [2.24, 2.45) is 5.73 Å². The molecule has 0 aliphatic carbocycles. The minimum atomic E-state index is -0.769. The molecule has 4 N–H and O–H groups in total. The third-order valence-electron chi connectivity index (χ3n) is 2.07. The van der Waals surface area contributed by atoms with Gasteiger partial charge in [-0.2, -0.15) is 5.26 Å². The van der Waals surface area contributed by atoms with E-state index < -0.39 is 12.1 Å². The third kappa shape index (κ3) is 1.84. The lowest BCUT2D eigenvalue weighted by Crippen LogP contribution is -2.23. The number of aromatic hydroxyl groups is 1. The number of hydrogen-bond donors (Lipinski definition) is 3. The number of rotatable bonds is 2. The molecule has 0 aliphatic rings. The monoisotopic (exact) mass is 192 g/mol. The van der Waals surface area contributed by atoms with Crippen LogP contribution in [-0.4, -0.2) is 16.3 Å². The van der Waals surface area contributed by atoms with E-state index in [0.717, 1.165) is 0 Å². The largest absolute Gasteiger partial charge is 0.506 e. The second-order valence-corrected chi connectivity index (χ2v) is 3.12. The van der Waals surface area contributed by atoms with Crippen LogP contribution in [0.15, 0.2) is 18.2 Å². The highest BCUT2D eigenvalue weighted by Crippen LogP contribution is 2.27. The smallest absolute Gasteiger partial charge is 0.138 e. The van der Waals surface area contributed by atoms with Crippen LogP contribution >= 0.6 is 0 Å². The summed E-state index contributed by atoms with van der Waals surface area (Å²) >= 11 is 0. The highest BCUT2D eigenvalue weighted by atomic mass is 16.3. The molecule has 1 rings (SSSR count). The van der Waals surface area contributed by atoms with Gasteiger partial charge in [-0.25, -0.2) is 0 Å². The van der Waals surface area contributed by atoms with Crippen LogP contribution in [0.1, 0.15) is 24.1 Å². The maximum atomic E-state index is 9.59. The molecule has 1 aromatic carbocycles. The average Bonchev–Trinajstić information content (AvgIpc) is 2.17. The van der Waals surface area contributed by atoms with Crippen molar-refractivity contribution in [3.63, 3.8) is 0 Å². The molecule has 2 atom stereocenters. The zero-order chi connectivity index (χ0) is 10.7. The van der Waals surface area contributed by atoms with Gasteiger partial charge in [-0.1, -0.05) is 12.1 Å². The van der Waals surface area contributed by atoms with Crippen LogP contribution in [-0.2, 0) is 0 Å². The highest BCUT2D eigenvalue weighted by Gasteiger charge is 2.17. The van der Waals surface area contributed by atoms with Gasteiger partial charge in [-0.05, 0) is 13.0 Å².